The Balaban J connectivity index is 2.85. The normalized spacial score (nSPS) is 19.4. The Morgan fingerprint density at radius 1 is 1.26 bits per heavy atom. The van der Waals surface area contributed by atoms with Crippen LogP contribution in [0.4, 0.5) is 4.79 Å². The van der Waals surface area contributed by atoms with Crippen molar-refractivity contribution in [2.45, 2.75) is 72.5 Å². The van der Waals surface area contributed by atoms with E-state index in [9.17, 15) is 14.4 Å². The number of carbonyl (C=O) groups excluding carboxylic acids is 3. The minimum atomic E-state index is -0.800. The molecule has 3 amide bonds. The van der Waals surface area contributed by atoms with E-state index < -0.39 is 29.5 Å². The fraction of sp³-hybridized carbons (Fsp3) is 0.750. The summed E-state index contributed by atoms with van der Waals surface area (Å²) in [6.45, 7) is 15.7. The topological polar surface area (TPSA) is 87.7 Å². The van der Waals surface area contributed by atoms with Gasteiger partial charge in [-0.2, -0.15) is 0 Å². The SMILES string of the molecule is C=CCOC(=O)C(NC(=O)NC(C(=O)N1CCC[C@H]1C)C(C)(C)C)C(C)C. The van der Waals surface area contributed by atoms with Gasteiger partial charge in [-0.15, -0.1) is 0 Å². The van der Waals surface area contributed by atoms with Crippen molar-refractivity contribution in [3.05, 3.63) is 12.7 Å². The molecule has 1 fully saturated rings. The fourth-order valence-electron chi connectivity index (χ4n) is 3.12. The number of nitrogens with zero attached hydrogens (tertiary/aromatic N) is 1. The molecular formula is C20H35N3O4. The van der Waals surface area contributed by atoms with Gasteiger partial charge in [-0.05, 0) is 31.1 Å². The maximum atomic E-state index is 13.0. The number of rotatable bonds is 7. The van der Waals surface area contributed by atoms with Crippen LogP contribution in [0.5, 0.6) is 0 Å². The lowest BCUT2D eigenvalue weighted by Crippen LogP contribution is -2.59. The molecule has 0 bridgehead atoms. The Kier molecular flexibility index (Phi) is 8.31. The van der Waals surface area contributed by atoms with Crippen LogP contribution < -0.4 is 10.6 Å². The molecule has 0 radical (unpaired) electrons. The molecule has 7 heteroatoms. The summed E-state index contributed by atoms with van der Waals surface area (Å²) < 4.78 is 5.06. The van der Waals surface area contributed by atoms with Crippen LogP contribution in [0.15, 0.2) is 12.7 Å². The minimum Gasteiger partial charge on any atom is -0.460 e. The molecule has 0 spiro atoms. The van der Waals surface area contributed by atoms with Crippen molar-refractivity contribution in [3.63, 3.8) is 0 Å². The Hall–Kier alpha value is -2.05. The van der Waals surface area contributed by atoms with Gasteiger partial charge in [-0.1, -0.05) is 47.3 Å². The van der Waals surface area contributed by atoms with Crippen LogP contribution in [0.3, 0.4) is 0 Å². The van der Waals surface area contributed by atoms with Crippen LogP contribution in [0.25, 0.3) is 0 Å². The highest BCUT2D eigenvalue weighted by Crippen LogP contribution is 2.25. The van der Waals surface area contributed by atoms with Crippen molar-refractivity contribution in [3.8, 4) is 0 Å². The lowest BCUT2D eigenvalue weighted by molar-refractivity contribution is -0.145. The number of ether oxygens (including phenoxy) is 1. The van der Waals surface area contributed by atoms with E-state index in [-0.39, 0.29) is 24.5 Å². The third-order valence-corrected chi connectivity index (χ3v) is 4.78. The number of amides is 3. The minimum absolute atomic E-state index is 0.0846. The van der Waals surface area contributed by atoms with Crippen molar-refractivity contribution >= 4 is 17.9 Å². The molecule has 154 valence electrons. The van der Waals surface area contributed by atoms with Crippen molar-refractivity contribution < 1.29 is 19.1 Å². The van der Waals surface area contributed by atoms with E-state index >= 15 is 0 Å². The third kappa shape index (κ3) is 6.56. The van der Waals surface area contributed by atoms with Gasteiger partial charge in [0.1, 0.15) is 18.7 Å². The molecule has 3 atom stereocenters. The number of esters is 1. The van der Waals surface area contributed by atoms with Gasteiger partial charge in [0.15, 0.2) is 0 Å². The summed E-state index contributed by atoms with van der Waals surface area (Å²) in [6.07, 6.45) is 3.42. The predicted octanol–water partition coefficient (Wildman–Crippen LogP) is 2.46. The maximum Gasteiger partial charge on any atom is 0.329 e. The zero-order valence-electron chi connectivity index (χ0n) is 17.5. The summed E-state index contributed by atoms with van der Waals surface area (Å²) in [5.41, 5.74) is -0.465. The first-order valence-electron chi connectivity index (χ1n) is 9.64. The van der Waals surface area contributed by atoms with Gasteiger partial charge in [0.25, 0.3) is 0 Å². The van der Waals surface area contributed by atoms with Gasteiger partial charge >= 0.3 is 12.0 Å². The molecule has 0 saturated carbocycles. The van der Waals surface area contributed by atoms with Gasteiger partial charge < -0.3 is 20.3 Å². The van der Waals surface area contributed by atoms with Crippen molar-refractivity contribution in [1.82, 2.24) is 15.5 Å². The Labute approximate surface area is 162 Å². The van der Waals surface area contributed by atoms with E-state index in [0.717, 1.165) is 12.8 Å². The first kappa shape index (κ1) is 23.0. The lowest BCUT2D eigenvalue weighted by Gasteiger charge is -2.35. The molecule has 1 heterocycles. The summed E-state index contributed by atoms with van der Waals surface area (Å²) in [5.74, 6) is -0.764. The molecule has 1 aliphatic heterocycles. The average Bonchev–Trinajstić information content (AvgIpc) is 2.99. The van der Waals surface area contributed by atoms with E-state index in [1.54, 1.807) is 0 Å². The molecule has 7 nitrogen and oxygen atoms in total. The maximum absolute atomic E-state index is 13.0. The molecule has 0 aromatic carbocycles. The van der Waals surface area contributed by atoms with Crippen LogP contribution in [0, 0.1) is 11.3 Å². The van der Waals surface area contributed by atoms with Gasteiger partial charge in [0, 0.05) is 12.6 Å². The first-order valence-corrected chi connectivity index (χ1v) is 9.64. The van der Waals surface area contributed by atoms with Crippen LogP contribution >= 0.6 is 0 Å². The molecule has 27 heavy (non-hydrogen) atoms. The molecule has 0 aliphatic carbocycles. The quantitative estimate of drug-likeness (QED) is 0.524. The number of carbonyl (C=O) groups is 3. The zero-order valence-corrected chi connectivity index (χ0v) is 17.5. The van der Waals surface area contributed by atoms with Crippen molar-refractivity contribution in [2.75, 3.05) is 13.2 Å². The Morgan fingerprint density at radius 3 is 2.33 bits per heavy atom. The van der Waals surface area contributed by atoms with Gasteiger partial charge in [-0.25, -0.2) is 9.59 Å². The molecule has 1 aliphatic rings. The molecule has 2 unspecified atom stereocenters. The number of hydrogen-bond donors (Lipinski definition) is 2. The molecular weight excluding hydrogens is 346 g/mol. The standard InChI is InChI=1S/C20H35N3O4/c1-8-12-27-18(25)15(13(2)3)21-19(26)22-16(20(5,6)7)17(24)23-11-9-10-14(23)4/h8,13-16H,1,9-12H2,2-7H3,(H2,21,22,26)/t14-,15?,16?/m1/s1. The number of nitrogens with one attached hydrogen (secondary N) is 2. The lowest BCUT2D eigenvalue weighted by atomic mass is 9.85. The summed E-state index contributed by atoms with van der Waals surface area (Å²) in [6, 6.07) is -1.87. The number of likely N-dealkylation sites (tertiary alicyclic amines) is 1. The average molecular weight is 382 g/mol. The van der Waals surface area contributed by atoms with Crippen LogP contribution in [0.2, 0.25) is 0 Å². The largest absolute Gasteiger partial charge is 0.460 e. The summed E-state index contributed by atoms with van der Waals surface area (Å²) in [5, 5.41) is 5.44. The zero-order chi connectivity index (χ0) is 20.8. The Morgan fingerprint density at radius 2 is 1.89 bits per heavy atom. The number of urea groups is 1. The van der Waals surface area contributed by atoms with Crippen molar-refractivity contribution in [2.24, 2.45) is 11.3 Å². The highest BCUT2D eigenvalue weighted by Gasteiger charge is 2.39. The van der Waals surface area contributed by atoms with Crippen molar-refractivity contribution in [1.29, 1.82) is 0 Å². The van der Waals surface area contributed by atoms with Crippen LogP contribution in [-0.2, 0) is 14.3 Å². The number of hydrogen-bond acceptors (Lipinski definition) is 4. The monoisotopic (exact) mass is 381 g/mol. The van der Waals surface area contributed by atoms with E-state index in [2.05, 4.69) is 17.2 Å². The van der Waals surface area contributed by atoms with E-state index in [0.29, 0.717) is 6.54 Å². The first-order chi connectivity index (χ1) is 12.5. The van der Waals surface area contributed by atoms with Crippen LogP contribution in [-0.4, -0.2) is 54.1 Å². The molecule has 0 aromatic heterocycles. The van der Waals surface area contributed by atoms with Gasteiger partial charge in [-0.3, -0.25) is 4.79 Å². The smallest absolute Gasteiger partial charge is 0.329 e. The fourth-order valence-corrected chi connectivity index (χ4v) is 3.12. The Bertz CT molecular complexity index is 554. The van der Waals surface area contributed by atoms with E-state index in [4.69, 9.17) is 4.74 Å². The second kappa shape index (κ2) is 9.76. The van der Waals surface area contributed by atoms with Gasteiger partial charge in [0.05, 0.1) is 0 Å². The molecule has 1 rings (SSSR count). The highest BCUT2D eigenvalue weighted by atomic mass is 16.5. The summed E-state index contributed by atoms with van der Waals surface area (Å²) in [4.78, 5) is 39.6. The van der Waals surface area contributed by atoms with E-state index in [1.807, 2.05) is 46.4 Å². The second-order valence-corrected chi connectivity index (χ2v) is 8.58. The van der Waals surface area contributed by atoms with Crippen LogP contribution in [0.1, 0.15) is 54.4 Å². The second-order valence-electron chi connectivity index (χ2n) is 8.58. The summed E-state index contributed by atoms with van der Waals surface area (Å²) in [7, 11) is 0. The third-order valence-electron chi connectivity index (χ3n) is 4.78. The highest BCUT2D eigenvalue weighted by molar-refractivity contribution is 5.90. The van der Waals surface area contributed by atoms with E-state index in [1.165, 1.54) is 6.08 Å². The predicted molar refractivity (Wildman–Crippen MR) is 105 cm³/mol. The van der Waals surface area contributed by atoms with Gasteiger partial charge in [0.2, 0.25) is 5.91 Å². The molecule has 2 N–H and O–H groups in total. The molecule has 1 saturated heterocycles. The summed E-state index contributed by atoms with van der Waals surface area (Å²) >= 11 is 0. The molecule has 0 aromatic rings.